The highest BCUT2D eigenvalue weighted by Gasteiger charge is 2.30. The molecule has 3 rings (SSSR count). The molecule has 1 aliphatic rings. The third-order valence-corrected chi connectivity index (χ3v) is 7.25. The van der Waals surface area contributed by atoms with Crippen LogP contribution in [-0.4, -0.2) is 31.7 Å². The van der Waals surface area contributed by atoms with Crippen LogP contribution in [-0.2, 0) is 10.0 Å². The Labute approximate surface area is 152 Å². The standard InChI is InChI=1S/C18H22N2O3S2/c1-13-5-3-7-15(9-13)19-18(21)17-10-16(12-24-17)25(22,23)20-8-4-6-14(2)11-20/h3,5,7,9-10,12,14H,4,6,8,11H2,1-2H3,(H,19,21). The van der Waals surface area contributed by atoms with E-state index in [-0.39, 0.29) is 10.8 Å². The van der Waals surface area contributed by atoms with Gasteiger partial charge in [-0.1, -0.05) is 19.1 Å². The molecule has 0 aliphatic carbocycles. The molecule has 1 saturated heterocycles. The van der Waals surface area contributed by atoms with E-state index >= 15 is 0 Å². The van der Waals surface area contributed by atoms with Crippen molar-refractivity contribution in [2.75, 3.05) is 18.4 Å². The van der Waals surface area contributed by atoms with Crippen LogP contribution in [0.25, 0.3) is 0 Å². The summed E-state index contributed by atoms with van der Waals surface area (Å²) in [6.45, 7) is 5.11. The Morgan fingerprint density at radius 1 is 1.32 bits per heavy atom. The van der Waals surface area contributed by atoms with Crippen molar-refractivity contribution >= 4 is 33.0 Å². The maximum absolute atomic E-state index is 12.8. The monoisotopic (exact) mass is 378 g/mol. The molecule has 0 spiro atoms. The Balaban J connectivity index is 1.76. The molecule has 7 heteroatoms. The number of sulfonamides is 1. The van der Waals surface area contributed by atoms with Gasteiger partial charge in [0.25, 0.3) is 5.91 Å². The van der Waals surface area contributed by atoms with Gasteiger partial charge in [0.15, 0.2) is 0 Å². The number of carbonyl (C=O) groups is 1. The van der Waals surface area contributed by atoms with E-state index in [0.717, 1.165) is 29.7 Å². The first-order valence-corrected chi connectivity index (χ1v) is 10.6. The minimum absolute atomic E-state index is 0.209. The lowest BCUT2D eigenvalue weighted by Gasteiger charge is -2.29. The van der Waals surface area contributed by atoms with Crippen molar-refractivity contribution in [1.82, 2.24) is 4.31 Å². The van der Waals surface area contributed by atoms with Gasteiger partial charge in [0.1, 0.15) is 0 Å². The maximum atomic E-state index is 12.8. The fraction of sp³-hybridized carbons (Fsp3) is 0.389. The van der Waals surface area contributed by atoms with Crippen LogP contribution in [0.3, 0.4) is 0 Å². The Morgan fingerprint density at radius 3 is 2.84 bits per heavy atom. The van der Waals surface area contributed by atoms with Gasteiger partial charge in [-0.05, 0) is 49.4 Å². The molecule has 1 aromatic heterocycles. The van der Waals surface area contributed by atoms with E-state index in [2.05, 4.69) is 12.2 Å². The van der Waals surface area contributed by atoms with Gasteiger partial charge in [-0.15, -0.1) is 11.3 Å². The van der Waals surface area contributed by atoms with Crippen LogP contribution in [0.5, 0.6) is 0 Å². The molecule has 134 valence electrons. The zero-order chi connectivity index (χ0) is 18.0. The summed E-state index contributed by atoms with van der Waals surface area (Å²) in [6.07, 6.45) is 1.94. The topological polar surface area (TPSA) is 66.5 Å². The van der Waals surface area contributed by atoms with Gasteiger partial charge in [0.05, 0.1) is 9.77 Å². The highest BCUT2D eigenvalue weighted by Crippen LogP contribution is 2.27. The largest absolute Gasteiger partial charge is 0.321 e. The summed E-state index contributed by atoms with van der Waals surface area (Å²) in [6, 6.07) is 8.98. The third kappa shape index (κ3) is 4.11. The predicted molar refractivity (Wildman–Crippen MR) is 101 cm³/mol. The van der Waals surface area contributed by atoms with Crippen molar-refractivity contribution < 1.29 is 13.2 Å². The molecule has 1 fully saturated rings. The molecular formula is C18H22N2O3S2. The lowest BCUT2D eigenvalue weighted by Crippen LogP contribution is -2.38. The van der Waals surface area contributed by atoms with E-state index < -0.39 is 10.0 Å². The summed E-state index contributed by atoms with van der Waals surface area (Å²) in [4.78, 5) is 13.0. The molecule has 1 amide bonds. The van der Waals surface area contributed by atoms with Crippen molar-refractivity contribution in [2.24, 2.45) is 5.92 Å². The molecule has 1 atom stereocenters. The minimum Gasteiger partial charge on any atom is -0.321 e. The SMILES string of the molecule is Cc1cccc(NC(=O)c2cc(S(=O)(=O)N3CCCC(C)C3)cs2)c1. The van der Waals surface area contributed by atoms with E-state index in [4.69, 9.17) is 0 Å². The molecule has 1 N–H and O–H groups in total. The smallest absolute Gasteiger partial charge is 0.265 e. The summed E-state index contributed by atoms with van der Waals surface area (Å²) >= 11 is 1.15. The lowest BCUT2D eigenvalue weighted by molar-refractivity contribution is 0.103. The van der Waals surface area contributed by atoms with Gasteiger partial charge in [-0.2, -0.15) is 4.31 Å². The van der Waals surface area contributed by atoms with Crippen molar-refractivity contribution in [3.8, 4) is 0 Å². The Kier molecular flexibility index (Phi) is 5.27. The molecule has 25 heavy (non-hydrogen) atoms. The second-order valence-electron chi connectivity index (χ2n) is 6.58. The molecule has 1 unspecified atom stereocenters. The summed E-state index contributed by atoms with van der Waals surface area (Å²) in [7, 11) is -3.52. The van der Waals surface area contributed by atoms with Gasteiger partial charge in [-0.3, -0.25) is 4.79 Å². The average molecular weight is 379 g/mol. The summed E-state index contributed by atoms with van der Waals surface area (Å²) in [5, 5.41) is 4.37. The van der Waals surface area contributed by atoms with Gasteiger partial charge >= 0.3 is 0 Å². The second-order valence-corrected chi connectivity index (χ2v) is 9.43. The van der Waals surface area contributed by atoms with Crippen LogP contribution in [0.15, 0.2) is 40.6 Å². The highest BCUT2D eigenvalue weighted by molar-refractivity contribution is 7.89. The number of anilines is 1. The Morgan fingerprint density at radius 2 is 2.12 bits per heavy atom. The first-order valence-electron chi connectivity index (χ1n) is 8.33. The summed E-state index contributed by atoms with van der Waals surface area (Å²) < 4.78 is 27.1. The molecule has 0 saturated carbocycles. The van der Waals surface area contributed by atoms with E-state index in [0.29, 0.717) is 29.6 Å². The van der Waals surface area contributed by atoms with Crippen molar-refractivity contribution in [3.63, 3.8) is 0 Å². The van der Waals surface area contributed by atoms with Gasteiger partial charge in [0.2, 0.25) is 10.0 Å². The fourth-order valence-corrected chi connectivity index (χ4v) is 5.76. The van der Waals surface area contributed by atoms with E-state index in [9.17, 15) is 13.2 Å². The molecular weight excluding hydrogens is 356 g/mol. The van der Waals surface area contributed by atoms with E-state index in [1.165, 1.54) is 10.4 Å². The number of aryl methyl sites for hydroxylation is 1. The van der Waals surface area contributed by atoms with Crippen LogP contribution in [0, 0.1) is 12.8 Å². The van der Waals surface area contributed by atoms with E-state index in [1.807, 2.05) is 31.2 Å². The number of benzene rings is 1. The van der Waals surface area contributed by atoms with Crippen molar-refractivity contribution in [2.45, 2.75) is 31.6 Å². The highest BCUT2D eigenvalue weighted by atomic mass is 32.2. The van der Waals surface area contributed by atoms with E-state index in [1.54, 1.807) is 5.38 Å². The fourth-order valence-electron chi connectivity index (χ4n) is 3.00. The maximum Gasteiger partial charge on any atom is 0.265 e. The van der Waals surface area contributed by atoms with Crippen LogP contribution in [0.1, 0.15) is 35.0 Å². The van der Waals surface area contributed by atoms with Crippen molar-refractivity contribution in [1.29, 1.82) is 0 Å². The Bertz CT molecular complexity index is 874. The van der Waals surface area contributed by atoms with Gasteiger partial charge in [0, 0.05) is 24.2 Å². The lowest BCUT2D eigenvalue weighted by atomic mass is 10.0. The number of thiophene rings is 1. The van der Waals surface area contributed by atoms with Crippen LogP contribution in [0.4, 0.5) is 5.69 Å². The first-order chi connectivity index (χ1) is 11.9. The molecule has 1 aliphatic heterocycles. The number of nitrogens with zero attached hydrogens (tertiary/aromatic N) is 1. The van der Waals surface area contributed by atoms with Crippen LogP contribution < -0.4 is 5.32 Å². The second kappa shape index (κ2) is 7.27. The van der Waals surface area contributed by atoms with Crippen molar-refractivity contribution in [3.05, 3.63) is 46.2 Å². The molecule has 2 heterocycles. The molecule has 5 nitrogen and oxygen atoms in total. The average Bonchev–Trinajstić information content (AvgIpc) is 3.06. The quantitative estimate of drug-likeness (QED) is 0.881. The van der Waals surface area contributed by atoms with Crippen LogP contribution in [0.2, 0.25) is 0 Å². The predicted octanol–water partition coefficient (Wildman–Crippen LogP) is 3.73. The molecule has 0 radical (unpaired) electrons. The first kappa shape index (κ1) is 18.1. The number of nitrogens with one attached hydrogen (secondary N) is 1. The number of rotatable bonds is 4. The molecule has 1 aromatic carbocycles. The van der Waals surface area contributed by atoms with Gasteiger partial charge in [-0.25, -0.2) is 8.42 Å². The normalized spacial score (nSPS) is 18.9. The summed E-state index contributed by atoms with van der Waals surface area (Å²) in [5.74, 6) is 0.0790. The number of carbonyl (C=O) groups excluding carboxylic acids is 1. The Hall–Kier alpha value is -1.70. The number of hydrogen-bond donors (Lipinski definition) is 1. The zero-order valence-corrected chi connectivity index (χ0v) is 16.0. The molecule has 0 bridgehead atoms. The number of amides is 1. The van der Waals surface area contributed by atoms with Crippen LogP contribution >= 0.6 is 11.3 Å². The van der Waals surface area contributed by atoms with Gasteiger partial charge < -0.3 is 5.32 Å². The minimum atomic E-state index is -3.52. The molecule has 2 aromatic rings. The number of piperidine rings is 1. The zero-order valence-electron chi connectivity index (χ0n) is 14.4. The third-order valence-electron chi connectivity index (χ3n) is 4.33. The summed E-state index contributed by atoms with van der Waals surface area (Å²) in [5.41, 5.74) is 1.75. The number of hydrogen-bond acceptors (Lipinski definition) is 4.